The van der Waals surface area contributed by atoms with Gasteiger partial charge in [0.15, 0.2) is 0 Å². The van der Waals surface area contributed by atoms with E-state index < -0.39 is 7.60 Å². The minimum atomic E-state index is -3.85. The lowest BCUT2D eigenvalue weighted by Gasteiger charge is -2.19. The standard InChI is InChI=1S/C25H37ClNO3P/c1-20-12-13-22(17-21(20)2)18-23(24-10-7-11-25(26)19-24)9-5-3-4-6-14-27-15-8-16-31(28,29)30/h7,10-13,17,19,23,27H,3-6,8-9,14-16,18H2,1-2H3,(H2,28,29,30). The molecule has 1 unspecified atom stereocenters. The molecule has 0 saturated carbocycles. The summed E-state index contributed by atoms with van der Waals surface area (Å²) >= 11 is 6.27. The van der Waals surface area contributed by atoms with Crippen LogP contribution in [-0.4, -0.2) is 29.0 Å². The van der Waals surface area contributed by atoms with Gasteiger partial charge in [0.2, 0.25) is 0 Å². The van der Waals surface area contributed by atoms with E-state index in [-0.39, 0.29) is 6.16 Å². The smallest absolute Gasteiger partial charge is 0.324 e. The third-order valence-electron chi connectivity index (χ3n) is 5.83. The number of hydrogen-bond acceptors (Lipinski definition) is 2. The highest BCUT2D eigenvalue weighted by Crippen LogP contribution is 2.34. The zero-order valence-corrected chi connectivity index (χ0v) is 20.5. The highest BCUT2D eigenvalue weighted by molar-refractivity contribution is 7.51. The van der Waals surface area contributed by atoms with Crippen molar-refractivity contribution in [2.24, 2.45) is 0 Å². The summed E-state index contributed by atoms with van der Waals surface area (Å²) in [5, 5.41) is 4.07. The Morgan fingerprint density at radius 2 is 1.68 bits per heavy atom. The van der Waals surface area contributed by atoms with Crippen LogP contribution in [0.25, 0.3) is 0 Å². The molecule has 31 heavy (non-hydrogen) atoms. The van der Waals surface area contributed by atoms with E-state index in [2.05, 4.69) is 49.5 Å². The molecule has 0 spiro atoms. The lowest BCUT2D eigenvalue weighted by atomic mass is 9.87. The van der Waals surface area contributed by atoms with E-state index in [4.69, 9.17) is 21.4 Å². The molecule has 2 aromatic carbocycles. The van der Waals surface area contributed by atoms with E-state index in [9.17, 15) is 4.57 Å². The Morgan fingerprint density at radius 1 is 0.935 bits per heavy atom. The summed E-state index contributed by atoms with van der Waals surface area (Å²) < 4.78 is 10.8. The maximum atomic E-state index is 10.8. The molecule has 0 aromatic heterocycles. The topological polar surface area (TPSA) is 69.6 Å². The third-order valence-corrected chi connectivity index (χ3v) is 6.97. The molecule has 0 bridgehead atoms. The van der Waals surface area contributed by atoms with Gasteiger partial charge in [-0.05, 0) is 92.9 Å². The molecule has 0 radical (unpaired) electrons. The fourth-order valence-corrected chi connectivity index (χ4v) is 4.66. The zero-order chi connectivity index (χ0) is 22.7. The molecule has 0 aliphatic carbocycles. The van der Waals surface area contributed by atoms with E-state index in [1.807, 2.05) is 12.1 Å². The van der Waals surface area contributed by atoms with Crippen LogP contribution in [0.4, 0.5) is 0 Å². The molecule has 0 amide bonds. The highest BCUT2D eigenvalue weighted by atomic mass is 35.5. The molecule has 6 heteroatoms. The zero-order valence-electron chi connectivity index (χ0n) is 18.8. The van der Waals surface area contributed by atoms with Crippen molar-refractivity contribution in [2.75, 3.05) is 19.3 Å². The van der Waals surface area contributed by atoms with E-state index in [0.717, 1.165) is 37.3 Å². The molecule has 0 aliphatic heterocycles. The summed E-state index contributed by atoms with van der Waals surface area (Å²) in [7, 11) is -3.85. The number of unbranched alkanes of at least 4 members (excludes halogenated alkanes) is 3. The molecule has 2 rings (SSSR count). The van der Waals surface area contributed by atoms with Gasteiger partial charge in [0, 0.05) is 5.02 Å². The van der Waals surface area contributed by atoms with Crippen LogP contribution < -0.4 is 5.32 Å². The van der Waals surface area contributed by atoms with Crippen LogP contribution in [0.1, 0.15) is 66.7 Å². The van der Waals surface area contributed by atoms with Crippen molar-refractivity contribution in [3.63, 3.8) is 0 Å². The maximum absolute atomic E-state index is 10.8. The molecule has 172 valence electrons. The molecular formula is C25H37ClNO3P. The van der Waals surface area contributed by atoms with Crippen molar-refractivity contribution in [1.82, 2.24) is 5.32 Å². The SMILES string of the molecule is Cc1ccc(CC(CCCCCCNCCCP(=O)(O)O)c2cccc(Cl)c2)cc1C. The second-order valence-electron chi connectivity index (χ2n) is 8.57. The second-order valence-corrected chi connectivity index (χ2v) is 10.8. The Labute approximate surface area is 192 Å². The van der Waals surface area contributed by atoms with Crippen molar-refractivity contribution in [2.45, 2.75) is 64.7 Å². The molecule has 2 aromatic rings. The van der Waals surface area contributed by atoms with Gasteiger partial charge in [-0.15, -0.1) is 0 Å². The predicted octanol–water partition coefficient (Wildman–Crippen LogP) is 6.39. The van der Waals surface area contributed by atoms with Crippen molar-refractivity contribution in [1.29, 1.82) is 0 Å². The van der Waals surface area contributed by atoms with Crippen molar-refractivity contribution >= 4 is 19.2 Å². The van der Waals surface area contributed by atoms with Crippen molar-refractivity contribution < 1.29 is 14.4 Å². The van der Waals surface area contributed by atoms with E-state index >= 15 is 0 Å². The van der Waals surface area contributed by atoms with E-state index in [0.29, 0.717) is 18.9 Å². The Kier molecular flexibility index (Phi) is 11.3. The van der Waals surface area contributed by atoms with Gasteiger partial charge in [-0.2, -0.15) is 0 Å². The van der Waals surface area contributed by atoms with E-state index in [1.165, 1.54) is 35.1 Å². The van der Waals surface area contributed by atoms with Crippen LogP contribution in [0.15, 0.2) is 42.5 Å². The fourth-order valence-electron chi connectivity index (χ4n) is 3.89. The van der Waals surface area contributed by atoms with Crippen LogP contribution in [0.5, 0.6) is 0 Å². The van der Waals surface area contributed by atoms with Crippen LogP contribution >= 0.6 is 19.2 Å². The van der Waals surface area contributed by atoms with Gasteiger partial charge in [0.25, 0.3) is 0 Å². The van der Waals surface area contributed by atoms with Crippen molar-refractivity contribution in [3.8, 4) is 0 Å². The monoisotopic (exact) mass is 465 g/mol. The molecule has 0 fully saturated rings. The van der Waals surface area contributed by atoms with Gasteiger partial charge in [-0.1, -0.05) is 61.2 Å². The summed E-state index contributed by atoms with van der Waals surface area (Å²) in [6.07, 6.45) is 7.28. The quantitative estimate of drug-likeness (QED) is 0.223. The first kappa shape index (κ1) is 26.1. The summed E-state index contributed by atoms with van der Waals surface area (Å²) in [5.41, 5.74) is 5.37. The molecule has 0 saturated heterocycles. The summed E-state index contributed by atoms with van der Waals surface area (Å²) in [6.45, 7) is 5.90. The van der Waals surface area contributed by atoms with Gasteiger partial charge in [0.05, 0.1) is 6.16 Å². The van der Waals surface area contributed by atoms with Crippen LogP contribution in [0, 0.1) is 13.8 Å². The third kappa shape index (κ3) is 10.8. The highest BCUT2D eigenvalue weighted by Gasteiger charge is 2.14. The Balaban J connectivity index is 1.76. The van der Waals surface area contributed by atoms with Gasteiger partial charge >= 0.3 is 7.60 Å². The van der Waals surface area contributed by atoms with E-state index in [1.54, 1.807) is 0 Å². The molecule has 1 atom stereocenters. The van der Waals surface area contributed by atoms with Crippen LogP contribution in [-0.2, 0) is 11.0 Å². The first-order valence-electron chi connectivity index (χ1n) is 11.3. The molecule has 0 aliphatic rings. The van der Waals surface area contributed by atoms with Gasteiger partial charge in [0.1, 0.15) is 0 Å². The first-order chi connectivity index (χ1) is 14.7. The van der Waals surface area contributed by atoms with Crippen LogP contribution in [0.3, 0.4) is 0 Å². The lowest BCUT2D eigenvalue weighted by molar-refractivity contribution is 0.371. The minimum absolute atomic E-state index is 0.0363. The Morgan fingerprint density at radius 3 is 2.39 bits per heavy atom. The van der Waals surface area contributed by atoms with Crippen LogP contribution in [0.2, 0.25) is 5.02 Å². The van der Waals surface area contributed by atoms with Gasteiger partial charge in [-0.3, -0.25) is 4.57 Å². The summed E-state index contributed by atoms with van der Waals surface area (Å²) in [6, 6.07) is 15.1. The number of benzene rings is 2. The van der Waals surface area contributed by atoms with Gasteiger partial charge < -0.3 is 15.1 Å². The summed E-state index contributed by atoms with van der Waals surface area (Å²) in [5.74, 6) is 0.464. The molecule has 0 heterocycles. The maximum Gasteiger partial charge on any atom is 0.325 e. The Hall–Kier alpha value is -1.16. The fraction of sp³-hybridized carbons (Fsp3) is 0.520. The number of aryl methyl sites for hydroxylation is 2. The molecule has 4 nitrogen and oxygen atoms in total. The predicted molar refractivity (Wildman–Crippen MR) is 131 cm³/mol. The first-order valence-corrected chi connectivity index (χ1v) is 13.5. The molecular weight excluding hydrogens is 429 g/mol. The number of nitrogens with one attached hydrogen (secondary N) is 1. The number of hydrogen-bond donors (Lipinski definition) is 3. The largest absolute Gasteiger partial charge is 0.325 e. The number of rotatable bonds is 14. The van der Waals surface area contributed by atoms with Crippen molar-refractivity contribution in [3.05, 3.63) is 69.7 Å². The number of halogens is 1. The van der Waals surface area contributed by atoms with Gasteiger partial charge in [-0.25, -0.2) is 0 Å². The average molecular weight is 466 g/mol. The average Bonchev–Trinajstić information content (AvgIpc) is 2.70. The Bertz CT molecular complexity index is 852. The summed E-state index contributed by atoms with van der Waals surface area (Å²) in [4.78, 5) is 17.7. The normalized spacial score (nSPS) is 12.8. The molecule has 3 N–H and O–H groups in total. The second kappa shape index (κ2) is 13.4. The lowest BCUT2D eigenvalue weighted by Crippen LogP contribution is -2.17. The minimum Gasteiger partial charge on any atom is -0.324 e.